The minimum absolute atomic E-state index is 0.0268. The number of aryl methyl sites for hydroxylation is 1. The van der Waals surface area contributed by atoms with Crippen molar-refractivity contribution in [3.8, 4) is 0 Å². The van der Waals surface area contributed by atoms with Crippen LogP contribution in [0.4, 0.5) is 0 Å². The molecule has 1 unspecified atom stereocenters. The van der Waals surface area contributed by atoms with E-state index in [9.17, 15) is 0 Å². The molecule has 0 heterocycles. The first-order chi connectivity index (χ1) is 9.48. The highest BCUT2D eigenvalue weighted by Gasteiger charge is 2.19. The van der Waals surface area contributed by atoms with E-state index in [1.807, 2.05) is 11.8 Å². The van der Waals surface area contributed by atoms with Gasteiger partial charge >= 0.3 is 0 Å². The van der Waals surface area contributed by atoms with E-state index in [1.54, 1.807) is 7.11 Å². The summed E-state index contributed by atoms with van der Waals surface area (Å²) in [4.78, 5) is 1.39. The van der Waals surface area contributed by atoms with Crippen molar-refractivity contribution >= 4 is 11.8 Å². The molecule has 1 aromatic rings. The summed E-state index contributed by atoms with van der Waals surface area (Å²) in [6.07, 6.45) is 2.23. The quantitative estimate of drug-likeness (QED) is 0.687. The Morgan fingerprint density at radius 1 is 1.30 bits per heavy atom. The van der Waals surface area contributed by atoms with Crippen molar-refractivity contribution in [2.45, 2.75) is 57.1 Å². The van der Waals surface area contributed by atoms with Crippen LogP contribution < -0.4 is 5.32 Å². The number of ether oxygens (including phenoxy) is 1. The van der Waals surface area contributed by atoms with Gasteiger partial charge in [0.25, 0.3) is 0 Å². The van der Waals surface area contributed by atoms with Crippen LogP contribution in [0.25, 0.3) is 0 Å². The topological polar surface area (TPSA) is 21.3 Å². The van der Waals surface area contributed by atoms with Crippen LogP contribution >= 0.6 is 11.8 Å². The summed E-state index contributed by atoms with van der Waals surface area (Å²) < 4.78 is 5.51. The lowest BCUT2D eigenvalue weighted by Crippen LogP contribution is -2.34. The molecule has 1 N–H and O–H groups in total. The molecule has 0 aromatic heterocycles. The average Bonchev–Trinajstić information content (AvgIpc) is 2.43. The molecule has 1 rings (SSSR count). The minimum atomic E-state index is -0.0268. The number of benzene rings is 1. The van der Waals surface area contributed by atoms with Crippen LogP contribution in [-0.2, 0) is 4.74 Å². The van der Waals surface area contributed by atoms with E-state index in [2.05, 4.69) is 57.3 Å². The highest BCUT2D eigenvalue weighted by Crippen LogP contribution is 2.24. The third kappa shape index (κ3) is 6.29. The molecule has 3 heteroatoms. The highest BCUT2D eigenvalue weighted by atomic mass is 32.2. The summed E-state index contributed by atoms with van der Waals surface area (Å²) in [6.45, 7) is 9.69. The van der Waals surface area contributed by atoms with E-state index >= 15 is 0 Å². The fraction of sp³-hybridized carbons (Fsp3) is 0.647. The number of thioether (sulfide) groups is 1. The van der Waals surface area contributed by atoms with Crippen molar-refractivity contribution < 1.29 is 4.74 Å². The van der Waals surface area contributed by atoms with E-state index in [1.165, 1.54) is 10.5 Å². The van der Waals surface area contributed by atoms with Crippen LogP contribution in [0.2, 0.25) is 0 Å². The number of nitrogens with one attached hydrogen (secondary N) is 1. The Hall–Kier alpha value is -0.510. The highest BCUT2D eigenvalue weighted by molar-refractivity contribution is 7.99. The minimum Gasteiger partial charge on any atom is -0.379 e. The molecule has 0 bridgehead atoms. The monoisotopic (exact) mass is 295 g/mol. The van der Waals surface area contributed by atoms with E-state index in [0.717, 1.165) is 25.1 Å². The molecule has 0 saturated heterocycles. The van der Waals surface area contributed by atoms with Crippen molar-refractivity contribution in [1.82, 2.24) is 5.32 Å². The molecule has 0 aliphatic carbocycles. The summed E-state index contributed by atoms with van der Waals surface area (Å²) in [7, 11) is 1.80. The molecule has 1 atom stereocenters. The molecule has 1 aromatic carbocycles. The zero-order valence-electron chi connectivity index (χ0n) is 13.5. The fourth-order valence-corrected chi connectivity index (χ4v) is 3.20. The van der Waals surface area contributed by atoms with Gasteiger partial charge in [0.15, 0.2) is 0 Å². The van der Waals surface area contributed by atoms with Crippen LogP contribution in [0.1, 0.15) is 39.2 Å². The third-order valence-corrected chi connectivity index (χ3v) is 5.01. The van der Waals surface area contributed by atoms with Crippen molar-refractivity contribution in [2.75, 3.05) is 19.4 Å². The maximum absolute atomic E-state index is 5.51. The maximum atomic E-state index is 5.51. The lowest BCUT2D eigenvalue weighted by atomic mass is 9.99. The van der Waals surface area contributed by atoms with E-state index in [-0.39, 0.29) is 5.60 Å². The van der Waals surface area contributed by atoms with Crippen LogP contribution in [0.3, 0.4) is 0 Å². The van der Waals surface area contributed by atoms with E-state index < -0.39 is 0 Å². The predicted octanol–water partition coefficient (Wildman–Crippen LogP) is 4.27. The Morgan fingerprint density at radius 3 is 2.60 bits per heavy atom. The molecule has 0 spiro atoms. The molecular weight excluding hydrogens is 266 g/mol. The van der Waals surface area contributed by atoms with Gasteiger partial charge in [0.1, 0.15) is 0 Å². The fourth-order valence-electron chi connectivity index (χ4n) is 2.07. The second kappa shape index (κ2) is 8.71. The Bertz CT molecular complexity index is 392. The molecule has 0 aliphatic rings. The second-order valence-electron chi connectivity index (χ2n) is 5.83. The van der Waals surface area contributed by atoms with Gasteiger partial charge in [-0.1, -0.05) is 25.1 Å². The molecule has 0 aliphatic heterocycles. The van der Waals surface area contributed by atoms with Gasteiger partial charge in [0, 0.05) is 23.8 Å². The smallest absolute Gasteiger partial charge is 0.0623 e. The van der Waals surface area contributed by atoms with Crippen LogP contribution in [0.15, 0.2) is 29.2 Å². The zero-order valence-corrected chi connectivity index (χ0v) is 14.3. The molecule has 2 nitrogen and oxygen atoms in total. The first-order valence-corrected chi connectivity index (χ1v) is 8.44. The summed E-state index contributed by atoms with van der Waals surface area (Å²) in [5.74, 6) is 1.11. The third-order valence-electron chi connectivity index (χ3n) is 3.67. The summed E-state index contributed by atoms with van der Waals surface area (Å²) in [5.41, 5.74) is 1.34. The van der Waals surface area contributed by atoms with Gasteiger partial charge in [-0.3, -0.25) is 0 Å². The lowest BCUT2D eigenvalue weighted by Gasteiger charge is -2.26. The van der Waals surface area contributed by atoms with Gasteiger partial charge in [-0.2, -0.15) is 0 Å². The predicted molar refractivity (Wildman–Crippen MR) is 89.7 cm³/mol. The standard InChI is InChI=1S/C17H29NOS/c1-6-18-15(11-12-17(3,4)19-5)13-20-16-10-8-7-9-14(16)2/h7-10,15,18H,6,11-13H2,1-5H3. The lowest BCUT2D eigenvalue weighted by molar-refractivity contribution is 0.0122. The van der Waals surface area contributed by atoms with Gasteiger partial charge in [0.2, 0.25) is 0 Å². The Labute approximate surface area is 128 Å². The van der Waals surface area contributed by atoms with Crippen molar-refractivity contribution in [1.29, 1.82) is 0 Å². The molecule has 114 valence electrons. The average molecular weight is 295 g/mol. The van der Waals surface area contributed by atoms with Gasteiger partial charge in [-0.25, -0.2) is 0 Å². The summed E-state index contributed by atoms with van der Waals surface area (Å²) in [6, 6.07) is 9.15. The number of hydrogen-bond donors (Lipinski definition) is 1. The molecular formula is C17H29NOS. The first-order valence-electron chi connectivity index (χ1n) is 7.45. The summed E-state index contributed by atoms with van der Waals surface area (Å²) in [5, 5.41) is 3.59. The number of rotatable bonds is 9. The van der Waals surface area contributed by atoms with Crippen LogP contribution in [0, 0.1) is 6.92 Å². The Morgan fingerprint density at radius 2 is 2.00 bits per heavy atom. The Kier molecular flexibility index (Phi) is 7.63. The van der Waals surface area contributed by atoms with E-state index in [0.29, 0.717) is 6.04 Å². The molecule has 0 radical (unpaired) electrons. The summed E-state index contributed by atoms with van der Waals surface area (Å²) >= 11 is 1.95. The zero-order chi connectivity index (χ0) is 15.0. The van der Waals surface area contributed by atoms with Crippen molar-refractivity contribution in [2.24, 2.45) is 0 Å². The first kappa shape index (κ1) is 17.5. The van der Waals surface area contributed by atoms with Crippen molar-refractivity contribution in [3.63, 3.8) is 0 Å². The normalized spacial score (nSPS) is 13.4. The largest absolute Gasteiger partial charge is 0.379 e. The molecule has 0 saturated carbocycles. The number of hydrogen-bond acceptors (Lipinski definition) is 3. The maximum Gasteiger partial charge on any atom is 0.0623 e. The van der Waals surface area contributed by atoms with Crippen LogP contribution in [0.5, 0.6) is 0 Å². The molecule has 0 amide bonds. The van der Waals surface area contributed by atoms with Gasteiger partial charge < -0.3 is 10.1 Å². The van der Waals surface area contributed by atoms with Crippen LogP contribution in [-0.4, -0.2) is 31.1 Å². The Balaban J connectivity index is 2.49. The molecule has 0 fully saturated rings. The van der Waals surface area contributed by atoms with Gasteiger partial charge in [0.05, 0.1) is 5.60 Å². The number of methoxy groups -OCH3 is 1. The van der Waals surface area contributed by atoms with Gasteiger partial charge in [-0.05, 0) is 51.8 Å². The van der Waals surface area contributed by atoms with Crippen molar-refractivity contribution in [3.05, 3.63) is 29.8 Å². The van der Waals surface area contributed by atoms with Gasteiger partial charge in [-0.15, -0.1) is 11.8 Å². The van der Waals surface area contributed by atoms with E-state index in [4.69, 9.17) is 4.74 Å². The molecule has 20 heavy (non-hydrogen) atoms. The SMILES string of the molecule is CCNC(CCC(C)(C)OC)CSc1ccccc1C. The second-order valence-corrected chi connectivity index (χ2v) is 6.90.